The van der Waals surface area contributed by atoms with E-state index in [1.807, 2.05) is 0 Å². The zero-order chi connectivity index (χ0) is 21.5. The molecule has 0 unspecified atom stereocenters. The van der Waals surface area contributed by atoms with E-state index in [4.69, 9.17) is 4.74 Å². The highest BCUT2D eigenvalue weighted by Crippen LogP contribution is 2.17. The average molecular weight is 433 g/mol. The number of aromatic amines is 1. The lowest BCUT2D eigenvalue weighted by Gasteiger charge is -2.31. The van der Waals surface area contributed by atoms with Gasteiger partial charge in [-0.2, -0.15) is 0 Å². The number of nitrogens with one attached hydrogen (secondary N) is 3. The van der Waals surface area contributed by atoms with Crippen molar-refractivity contribution in [1.29, 1.82) is 0 Å². The number of hydrogen-bond donors (Lipinski definition) is 3. The van der Waals surface area contributed by atoms with E-state index in [2.05, 4.69) is 20.6 Å². The Hall–Kier alpha value is -3.21. The Morgan fingerprint density at radius 2 is 2.10 bits per heavy atom. The van der Waals surface area contributed by atoms with Crippen LogP contribution >= 0.6 is 11.3 Å². The molecule has 30 heavy (non-hydrogen) atoms. The van der Waals surface area contributed by atoms with E-state index in [-0.39, 0.29) is 30.0 Å². The van der Waals surface area contributed by atoms with Gasteiger partial charge in [0.2, 0.25) is 5.91 Å². The van der Waals surface area contributed by atoms with Gasteiger partial charge in [-0.15, -0.1) is 11.3 Å². The van der Waals surface area contributed by atoms with Gasteiger partial charge in [0.15, 0.2) is 5.13 Å². The van der Waals surface area contributed by atoms with Crippen LogP contribution in [0.1, 0.15) is 35.8 Å². The predicted octanol–water partition coefficient (Wildman–Crippen LogP) is 1.36. The second-order valence-corrected chi connectivity index (χ2v) is 7.57. The summed E-state index contributed by atoms with van der Waals surface area (Å²) in [5.74, 6) is -0.733. The molecule has 1 aliphatic rings. The van der Waals surface area contributed by atoms with Crippen LogP contribution in [0.5, 0.6) is 0 Å². The second kappa shape index (κ2) is 10.0. The summed E-state index contributed by atoms with van der Waals surface area (Å²) in [6, 6.07) is 2.97. The zero-order valence-corrected chi connectivity index (χ0v) is 17.3. The van der Waals surface area contributed by atoms with E-state index in [1.165, 1.54) is 23.6 Å². The molecule has 1 saturated heterocycles. The number of pyridine rings is 1. The van der Waals surface area contributed by atoms with Crippen LogP contribution in [-0.2, 0) is 16.0 Å². The van der Waals surface area contributed by atoms with Crippen LogP contribution in [0, 0.1) is 0 Å². The molecule has 2 aromatic rings. The largest absolute Gasteiger partial charge is 0.450 e. The van der Waals surface area contributed by atoms with Crippen molar-refractivity contribution in [3.63, 3.8) is 0 Å². The number of piperidine rings is 1. The Balaban J connectivity index is 1.46. The molecule has 0 atom stereocenters. The summed E-state index contributed by atoms with van der Waals surface area (Å²) in [7, 11) is 0. The minimum absolute atomic E-state index is 0.00853. The van der Waals surface area contributed by atoms with Crippen LogP contribution < -0.4 is 16.2 Å². The van der Waals surface area contributed by atoms with E-state index in [1.54, 1.807) is 23.3 Å². The van der Waals surface area contributed by atoms with Crippen LogP contribution in [0.15, 0.2) is 28.5 Å². The first kappa shape index (κ1) is 21.5. The van der Waals surface area contributed by atoms with Crippen LogP contribution in [-0.4, -0.2) is 58.5 Å². The maximum Gasteiger partial charge on any atom is 0.409 e. The molecule has 3 amide bonds. The van der Waals surface area contributed by atoms with Gasteiger partial charge in [-0.1, -0.05) is 0 Å². The fourth-order valence-corrected chi connectivity index (χ4v) is 3.78. The summed E-state index contributed by atoms with van der Waals surface area (Å²) in [6.07, 6.45) is 2.52. The van der Waals surface area contributed by atoms with Crippen LogP contribution in [0.25, 0.3) is 0 Å². The smallest absolute Gasteiger partial charge is 0.409 e. The van der Waals surface area contributed by atoms with Gasteiger partial charge in [-0.3, -0.25) is 19.7 Å². The first-order valence-corrected chi connectivity index (χ1v) is 10.5. The SMILES string of the molecule is CCOC(=O)N1CCC(NC(=O)Cc2csc(NC(=O)c3ccc[nH]c3=O)n2)CC1. The summed E-state index contributed by atoms with van der Waals surface area (Å²) in [5, 5.41) is 7.53. The molecule has 160 valence electrons. The van der Waals surface area contributed by atoms with E-state index in [9.17, 15) is 19.2 Å². The summed E-state index contributed by atoms with van der Waals surface area (Å²) in [5.41, 5.74) is 0.0278. The zero-order valence-electron chi connectivity index (χ0n) is 16.5. The normalized spacial score (nSPS) is 14.2. The quantitative estimate of drug-likeness (QED) is 0.630. The van der Waals surface area contributed by atoms with Crippen molar-refractivity contribution in [2.24, 2.45) is 0 Å². The Labute approximate surface area is 176 Å². The highest BCUT2D eigenvalue weighted by molar-refractivity contribution is 7.14. The minimum Gasteiger partial charge on any atom is -0.450 e. The topological polar surface area (TPSA) is 133 Å². The molecule has 0 aromatic carbocycles. The average Bonchev–Trinajstić information content (AvgIpc) is 3.15. The highest BCUT2D eigenvalue weighted by Gasteiger charge is 2.24. The van der Waals surface area contributed by atoms with Crippen molar-refractivity contribution < 1.29 is 19.1 Å². The third-order valence-corrected chi connectivity index (χ3v) is 5.37. The molecule has 3 heterocycles. The Morgan fingerprint density at radius 3 is 2.80 bits per heavy atom. The van der Waals surface area contributed by atoms with Gasteiger partial charge in [0, 0.05) is 30.7 Å². The van der Waals surface area contributed by atoms with E-state index in [0.29, 0.717) is 43.4 Å². The highest BCUT2D eigenvalue weighted by atomic mass is 32.1. The summed E-state index contributed by atoms with van der Waals surface area (Å²) in [4.78, 5) is 56.2. The van der Waals surface area contributed by atoms with Crippen LogP contribution in [0.3, 0.4) is 0 Å². The van der Waals surface area contributed by atoms with E-state index < -0.39 is 11.5 Å². The molecule has 3 N–H and O–H groups in total. The van der Waals surface area contributed by atoms with Crippen LogP contribution in [0.2, 0.25) is 0 Å². The number of carbonyl (C=O) groups is 3. The molecular weight excluding hydrogens is 410 g/mol. The van der Waals surface area contributed by atoms with Gasteiger partial charge in [0.1, 0.15) is 5.56 Å². The van der Waals surface area contributed by atoms with Crippen LogP contribution in [0.4, 0.5) is 9.93 Å². The van der Waals surface area contributed by atoms with Gasteiger partial charge >= 0.3 is 6.09 Å². The van der Waals surface area contributed by atoms with Gasteiger partial charge in [0.25, 0.3) is 11.5 Å². The van der Waals surface area contributed by atoms with Crippen molar-refractivity contribution in [3.8, 4) is 0 Å². The Kier molecular flexibility index (Phi) is 7.17. The molecule has 0 spiro atoms. The number of amides is 3. The third kappa shape index (κ3) is 5.66. The van der Waals surface area contributed by atoms with Crippen molar-refractivity contribution in [2.45, 2.75) is 32.2 Å². The monoisotopic (exact) mass is 433 g/mol. The first-order valence-electron chi connectivity index (χ1n) is 9.60. The van der Waals surface area contributed by atoms with Crippen molar-refractivity contribution >= 4 is 34.4 Å². The minimum atomic E-state index is -0.560. The number of hydrogen-bond acceptors (Lipinski definition) is 7. The summed E-state index contributed by atoms with van der Waals surface area (Å²) < 4.78 is 4.98. The van der Waals surface area contributed by atoms with Gasteiger partial charge in [-0.25, -0.2) is 9.78 Å². The standard InChI is InChI=1S/C19H23N5O5S/c1-2-29-19(28)24-8-5-12(6-9-24)21-15(25)10-13-11-30-18(22-13)23-17(27)14-4-3-7-20-16(14)26/h3-4,7,11-12H,2,5-6,8-10H2,1H3,(H,20,26)(H,21,25)(H,22,23,27). The number of rotatable bonds is 6. The maximum absolute atomic E-state index is 12.3. The van der Waals surface area contributed by atoms with Gasteiger partial charge in [0.05, 0.1) is 18.7 Å². The lowest BCUT2D eigenvalue weighted by atomic mass is 10.1. The predicted molar refractivity (Wildman–Crippen MR) is 111 cm³/mol. The number of likely N-dealkylation sites (tertiary alicyclic amines) is 1. The number of nitrogens with zero attached hydrogens (tertiary/aromatic N) is 2. The number of anilines is 1. The Morgan fingerprint density at radius 1 is 1.33 bits per heavy atom. The number of H-pyrrole nitrogens is 1. The molecule has 0 radical (unpaired) electrons. The molecule has 2 aromatic heterocycles. The van der Waals surface area contributed by atoms with Crippen molar-refractivity contribution in [3.05, 3.63) is 45.3 Å². The van der Waals surface area contributed by atoms with Gasteiger partial charge < -0.3 is 19.9 Å². The lowest BCUT2D eigenvalue weighted by molar-refractivity contribution is -0.121. The molecule has 0 aliphatic carbocycles. The Bertz CT molecular complexity index is 964. The molecule has 1 aliphatic heterocycles. The number of thiazole rings is 1. The second-order valence-electron chi connectivity index (χ2n) is 6.72. The fourth-order valence-electron chi connectivity index (χ4n) is 3.07. The molecule has 1 fully saturated rings. The molecule has 10 nitrogen and oxygen atoms in total. The molecular formula is C19H23N5O5S. The molecule has 11 heteroatoms. The number of ether oxygens (including phenoxy) is 1. The van der Waals surface area contributed by atoms with Gasteiger partial charge in [-0.05, 0) is 31.9 Å². The summed E-state index contributed by atoms with van der Waals surface area (Å²) >= 11 is 1.18. The fraction of sp³-hybridized carbons (Fsp3) is 0.421. The molecule has 0 bridgehead atoms. The van der Waals surface area contributed by atoms with E-state index >= 15 is 0 Å². The molecule has 0 saturated carbocycles. The van der Waals surface area contributed by atoms with Crippen molar-refractivity contribution in [2.75, 3.05) is 25.0 Å². The maximum atomic E-state index is 12.3. The molecule has 3 rings (SSSR count). The van der Waals surface area contributed by atoms with E-state index in [0.717, 1.165) is 0 Å². The first-order chi connectivity index (χ1) is 14.5. The van der Waals surface area contributed by atoms with Crippen molar-refractivity contribution in [1.82, 2.24) is 20.2 Å². The number of carbonyl (C=O) groups excluding carboxylic acids is 3. The lowest BCUT2D eigenvalue weighted by Crippen LogP contribution is -2.47. The number of aromatic nitrogens is 2. The third-order valence-electron chi connectivity index (χ3n) is 4.56. The summed E-state index contributed by atoms with van der Waals surface area (Å²) in [6.45, 7) is 3.18.